The molecule has 3 fully saturated rings. The Hall–Kier alpha value is -0.0800. The number of likely N-dealkylation sites (N-methyl/N-ethyl adjacent to an activating group) is 1. The van der Waals surface area contributed by atoms with E-state index in [0.717, 1.165) is 17.9 Å². The van der Waals surface area contributed by atoms with Crippen LogP contribution in [-0.2, 0) is 0 Å². The van der Waals surface area contributed by atoms with Crippen LogP contribution < -0.4 is 0 Å². The Morgan fingerprint density at radius 2 is 1.14 bits per heavy atom. The Bertz CT molecular complexity index is 277. The second-order valence-corrected chi connectivity index (χ2v) is 8.47. The van der Waals surface area contributed by atoms with Crippen molar-refractivity contribution in [3.05, 3.63) is 0 Å². The zero-order chi connectivity index (χ0) is 15.2. The van der Waals surface area contributed by atoms with Gasteiger partial charge in [-0.25, -0.2) is 0 Å². The number of hydrogen-bond donors (Lipinski definition) is 0. The first-order chi connectivity index (χ1) is 10.8. The van der Waals surface area contributed by atoms with E-state index in [1.807, 2.05) is 0 Å². The van der Waals surface area contributed by atoms with Crippen molar-refractivity contribution in [1.82, 2.24) is 9.80 Å². The van der Waals surface area contributed by atoms with Gasteiger partial charge in [0.25, 0.3) is 0 Å². The molecule has 0 N–H and O–H groups in total. The molecule has 128 valence electrons. The summed E-state index contributed by atoms with van der Waals surface area (Å²) in [6.07, 6.45) is 18.1. The Morgan fingerprint density at radius 3 is 1.59 bits per heavy atom. The summed E-state index contributed by atoms with van der Waals surface area (Å²) in [5.41, 5.74) is 0. The monoisotopic (exact) mass is 306 g/mol. The summed E-state index contributed by atoms with van der Waals surface area (Å²) in [7, 11) is 2.29. The number of rotatable bonds is 5. The molecule has 0 amide bonds. The SMILES string of the molecule is CN1CCN(C(CC2CCCCC2)CC2CCCCC2)CC1. The third-order valence-electron chi connectivity index (χ3n) is 6.71. The standard InChI is InChI=1S/C20H38N2/c1-21-12-14-22(15-13-21)20(16-18-8-4-2-5-9-18)17-19-10-6-3-7-11-19/h18-20H,2-17H2,1H3. The van der Waals surface area contributed by atoms with Crippen molar-refractivity contribution in [2.45, 2.75) is 83.1 Å². The maximum Gasteiger partial charge on any atom is 0.0113 e. The van der Waals surface area contributed by atoms with Crippen LogP contribution in [0.3, 0.4) is 0 Å². The molecular weight excluding hydrogens is 268 g/mol. The molecule has 2 nitrogen and oxygen atoms in total. The van der Waals surface area contributed by atoms with E-state index in [-0.39, 0.29) is 0 Å². The van der Waals surface area contributed by atoms with E-state index < -0.39 is 0 Å². The highest BCUT2D eigenvalue weighted by molar-refractivity contribution is 4.83. The van der Waals surface area contributed by atoms with Crippen LogP contribution in [-0.4, -0.2) is 49.1 Å². The van der Waals surface area contributed by atoms with E-state index in [1.165, 1.54) is 103 Å². The molecule has 0 radical (unpaired) electrons. The average molecular weight is 307 g/mol. The molecule has 1 saturated heterocycles. The summed E-state index contributed by atoms with van der Waals surface area (Å²) in [6.45, 7) is 5.21. The highest BCUT2D eigenvalue weighted by atomic mass is 15.3. The van der Waals surface area contributed by atoms with Gasteiger partial charge in [-0.05, 0) is 31.7 Å². The van der Waals surface area contributed by atoms with Crippen molar-refractivity contribution in [2.75, 3.05) is 33.2 Å². The van der Waals surface area contributed by atoms with Gasteiger partial charge in [0.05, 0.1) is 0 Å². The van der Waals surface area contributed by atoms with Gasteiger partial charge in [-0.2, -0.15) is 0 Å². The molecule has 0 aromatic heterocycles. The van der Waals surface area contributed by atoms with Crippen molar-refractivity contribution in [3.63, 3.8) is 0 Å². The lowest BCUT2D eigenvalue weighted by Crippen LogP contribution is -2.50. The molecule has 1 heterocycles. The maximum atomic E-state index is 2.88. The lowest BCUT2D eigenvalue weighted by atomic mass is 9.79. The van der Waals surface area contributed by atoms with Gasteiger partial charge in [-0.3, -0.25) is 4.90 Å². The van der Waals surface area contributed by atoms with E-state index in [4.69, 9.17) is 0 Å². The molecule has 0 unspecified atom stereocenters. The number of piperazine rings is 1. The first-order valence-electron chi connectivity index (χ1n) is 10.2. The molecule has 0 aromatic rings. The molecule has 3 aliphatic rings. The molecule has 2 heteroatoms. The van der Waals surface area contributed by atoms with E-state index in [0.29, 0.717) is 0 Å². The van der Waals surface area contributed by atoms with Gasteiger partial charge in [0.1, 0.15) is 0 Å². The summed E-state index contributed by atoms with van der Waals surface area (Å²) in [5, 5.41) is 0. The molecule has 0 spiro atoms. The highest BCUT2D eigenvalue weighted by Crippen LogP contribution is 2.34. The second-order valence-electron chi connectivity index (χ2n) is 8.47. The predicted octanol–water partition coefficient (Wildman–Crippen LogP) is 4.54. The van der Waals surface area contributed by atoms with Crippen molar-refractivity contribution in [2.24, 2.45) is 11.8 Å². The van der Waals surface area contributed by atoms with Gasteiger partial charge in [0, 0.05) is 32.2 Å². The largest absolute Gasteiger partial charge is 0.304 e. The third-order valence-corrected chi connectivity index (χ3v) is 6.71. The molecule has 3 rings (SSSR count). The van der Waals surface area contributed by atoms with Crippen LogP contribution in [0.5, 0.6) is 0 Å². The molecule has 22 heavy (non-hydrogen) atoms. The zero-order valence-electron chi connectivity index (χ0n) is 14.9. The molecule has 0 bridgehead atoms. The number of hydrogen-bond acceptors (Lipinski definition) is 2. The van der Waals surface area contributed by atoms with Gasteiger partial charge in [0.2, 0.25) is 0 Å². The van der Waals surface area contributed by atoms with Crippen LogP contribution in [0, 0.1) is 11.8 Å². The molecule has 2 aliphatic carbocycles. The second kappa shape index (κ2) is 8.68. The zero-order valence-corrected chi connectivity index (χ0v) is 14.9. The fraction of sp³-hybridized carbons (Fsp3) is 1.00. The van der Waals surface area contributed by atoms with Crippen LogP contribution in [0.1, 0.15) is 77.0 Å². The van der Waals surface area contributed by atoms with E-state index >= 15 is 0 Å². The fourth-order valence-corrected chi connectivity index (χ4v) is 5.20. The predicted molar refractivity (Wildman–Crippen MR) is 95.2 cm³/mol. The maximum absolute atomic E-state index is 2.88. The van der Waals surface area contributed by atoms with Crippen LogP contribution in [0.15, 0.2) is 0 Å². The first-order valence-corrected chi connectivity index (χ1v) is 10.2. The minimum absolute atomic E-state index is 0.903. The minimum Gasteiger partial charge on any atom is -0.304 e. The Kier molecular flexibility index (Phi) is 6.62. The summed E-state index contributed by atoms with van der Waals surface area (Å²) in [6, 6.07) is 0.903. The van der Waals surface area contributed by atoms with Crippen molar-refractivity contribution < 1.29 is 0 Å². The average Bonchev–Trinajstić information content (AvgIpc) is 2.57. The van der Waals surface area contributed by atoms with Crippen LogP contribution in [0.2, 0.25) is 0 Å². The van der Waals surface area contributed by atoms with E-state index in [1.54, 1.807) is 0 Å². The minimum atomic E-state index is 0.903. The lowest BCUT2D eigenvalue weighted by Gasteiger charge is -2.41. The fourth-order valence-electron chi connectivity index (χ4n) is 5.20. The normalized spacial score (nSPS) is 27.5. The quantitative estimate of drug-likeness (QED) is 0.735. The smallest absolute Gasteiger partial charge is 0.0113 e. The van der Waals surface area contributed by atoms with Crippen molar-refractivity contribution >= 4 is 0 Å². The van der Waals surface area contributed by atoms with Gasteiger partial charge < -0.3 is 4.90 Å². The Morgan fingerprint density at radius 1 is 0.682 bits per heavy atom. The molecule has 0 atom stereocenters. The summed E-state index contributed by atoms with van der Waals surface area (Å²) in [5.74, 6) is 2.09. The lowest BCUT2D eigenvalue weighted by molar-refractivity contribution is 0.0749. The summed E-state index contributed by atoms with van der Waals surface area (Å²) < 4.78 is 0. The number of nitrogens with zero attached hydrogens (tertiary/aromatic N) is 2. The van der Waals surface area contributed by atoms with Gasteiger partial charge >= 0.3 is 0 Å². The summed E-state index contributed by atoms with van der Waals surface area (Å²) >= 11 is 0. The molecule has 1 aliphatic heterocycles. The van der Waals surface area contributed by atoms with Crippen LogP contribution in [0.4, 0.5) is 0 Å². The van der Waals surface area contributed by atoms with Gasteiger partial charge in [0.15, 0.2) is 0 Å². The van der Waals surface area contributed by atoms with E-state index in [2.05, 4.69) is 16.8 Å². The van der Waals surface area contributed by atoms with Crippen molar-refractivity contribution in [3.8, 4) is 0 Å². The topological polar surface area (TPSA) is 6.48 Å². The molecule has 2 saturated carbocycles. The van der Waals surface area contributed by atoms with Crippen LogP contribution >= 0.6 is 0 Å². The highest BCUT2D eigenvalue weighted by Gasteiger charge is 2.28. The third kappa shape index (κ3) is 4.96. The Labute approximate surface area is 138 Å². The van der Waals surface area contributed by atoms with E-state index in [9.17, 15) is 0 Å². The Balaban J connectivity index is 1.56. The van der Waals surface area contributed by atoms with Crippen LogP contribution in [0.25, 0.3) is 0 Å². The summed E-state index contributed by atoms with van der Waals surface area (Å²) in [4.78, 5) is 5.39. The molecular formula is C20H38N2. The van der Waals surface area contributed by atoms with Gasteiger partial charge in [-0.15, -0.1) is 0 Å². The molecule has 0 aromatic carbocycles. The van der Waals surface area contributed by atoms with Gasteiger partial charge in [-0.1, -0.05) is 64.2 Å². The van der Waals surface area contributed by atoms with Crippen molar-refractivity contribution in [1.29, 1.82) is 0 Å². The first kappa shape index (κ1) is 16.8.